The van der Waals surface area contributed by atoms with Crippen molar-refractivity contribution in [1.82, 2.24) is 15.2 Å². The van der Waals surface area contributed by atoms with Gasteiger partial charge in [0.05, 0.1) is 0 Å². The van der Waals surface area contributed by atoms with E-state index in [9.17, 15) is 0 Å². The van der Waals surface area contributed by atoms with Crippen LogP contribution in [0.4, 0.5) is 5.82 Å². The van der Waals surface area contributed by atoms with Gasteiger partial charge in [-0.25, -0.2) is 0 Å². The molecule has 1 aromatic heterocycles. The molecule has 0 atom stereocenters. The molecular weight excluding hydrogens is 235 g/mol. The zero-order valence-electron chi connectivity index (χ0n) is 9.01. The lowest BCUT2D eigenvalue weighted by Crippen LogP contribution is -2.31. The first kappa shape index (κ1) is 12.5. The van der Waals surface area contributed by atoms with Crippen LogP contribution < -0.4 is 5.32 Å². The Morgan fingerprint density at radius 1 is 1.27 bits per heavy atom. The fourth-order valence-corrected chi connectivity index (χ4v) is 1.63. The largest absolute Gasteiger partial charge is 0.362 e. The predicted molar refractivity (Wildman–Crippen MR) is 62.5 cm³/mol. The molecule has 0 fully saturated rings. The zero-order valence-corrected chi connectivity index (χ0v) is 10.5. The molecule has 84 valence electrons. The third-order valence-corrected chi connectivity index (χ3v) is 2.37. The summed E-state index contributed by atoms with van der Waals surface area (Å²) in [5, 5.41) is 10.8. The molecule has 1 rings (SSSR count). The summed E-state index contributed by atoms with van der Waals surface area (Å²) in [6.07, 6.45) is 2.08. The number of hydrogen-bond acceptors (Lipinski definition) is 4. The third-order valence-electron chi connectivity index (χ3n) is 1.95. The Morgan fingerprint density at radius 2 is 1.93 bits per heavy atom. The SMILES string of the molecule is CCCC(C)(C)Nc1nc(Cl)nnc1Cl. The van der Waals surface area contributed by atoms with Gasteiger partial charge in [-0.2, -0.15) is 4.98 Å². The van der Waals surface area contributed by atoms with Gasteiger partial charge in [-0.05, 0) is 31.9 Å². The first-order valence-electron chi connectivity index (χ1n) is 4.78. The van der Waals surface area contributed by atoms with E-state index in [0.717, 1.165) is 12.8 Å². The van der Waals surface area contributed by atoms with Crippen LogP contribution in [-0.4, -0.2) is 20.7 Å². The van der Waals surface area contributed by atoms with E-state index in [-0.39, 0.29) is 16.0 Å². The van der Waals surface area contributed by atoms with Crippen LogP contribution in [0.3, 0.4) is 0 Å². The van der Waals surface area contributed by atoms with Crippen molar-refractivity contribution in [2.75, 3.05) is 5.32 Å². The zero-order chi connectivity index (χ0) is 11.5. The molecule has 6 heteroatoms. The molecule has 15 heavy (non-hydrogen) atoms. The number of anilines is 1. The van der Waals surface area contributed by atoms with Crippen LogP contribution in [0.1, 0.15) is 33.6 Å². The topological polar surface area (TPSA) is 50.7 Å². The standard InChI is InChI=1S/C9H14Cl2N4/c1-4-5-9(2,3)13-7-6(10)14-15-8(11)12-7/h4-5H2,1-3H3,(H,12,13,15). The van der Waals surface area contributed by atoms with Gasteiger partial charge in [-0.15, -0.1) is 10.2 Å². The monoisotopic (exact) mass is 248 g/mol. The number of hydrogen-bond donors (Lipinski definition) is 1. The summed E-state index contributed by atoms with van der Waals surface area (Å²) >= 11 is 11.5. The number of halogens is 2. The average molecular weight is 249 g/mol. The molecular formula is C9H14Cl2N4. The van der Waals surface area contributed by atoms with Crippen LogP contribution in [0.2, 0.25) is 10.4 Å². The van der Waals surface area contributed by atoms with Gasteiger partial charge in [0.25, 0.3) is 0 Å². The maximum atomic E-state index is 5.85. The minimum atomic E-state index is -0.0856. The Bertz CT molecular complexity index is 341. The normalized spacial score (nSPS) is 11.5. The summed E-state index contributed by atoms with van der Waals surface area (Å²) in [6, 6.07) is 0. The summed E-state index contributed by atoms with van der Waals surface area (Å²) in [6.45, 7) is 6.27. The molecule has 0 saturated carbocycles. The molecule has 0 aromatic carbocycles. The van der Waals surface area contributed by atoms with Gasteiger partial charge < -0.3 is 5.32 Å². The second kappa shape index (κ2) is 4.94. The van der Waals surface area contributed by atoms with Gasteiger partial charge in [0.1, 0.15) is 0 Å². The van der Waals surface area contributed by atoms with Crippen molar-refractivity contribution in [3.63, 3.8) is 0 Å². The van der Waals surface area contributed by atoms with Crippen molar-refractivity contribution in [3.05, 3.63) is 10.4 Å². The van der Waals surface area contributed by atoms with Gasteiger partial charge in [0.2, 0.25) is 5.28 Å². The van der Waals surface area contributed by atoms with E-state index >= 15 is 0 Å². The van der Waals surface area contributed by atoms with Crippen molar-refractivity contribution in [1.29, 1.82) is 0 Å². The van der Waals surface area contributed by atoms with Crippen LogP contribution in [-0.2, 0) is 0 Å². The van der Waals surface area contributed by atoms with E-state index in [1.807, 2.05) is 0 Å². The molecule has 0 unspecified atom stereocenters. The fourth-order valence-electron chi connectivity index (χ4n) is 1.38. The minimum absolute atomic E-state index is 0.0856. The van der Waals surface area contributed by atoms with E-state index in [1.165, 1.54) is 0 Å². The second-order valence-corrected chi connectivity index (χ2v) is 4.68. The van der Waals surface area contributed by atoms with Crippen molar-refractivity contribution in [2.24, 2.45) is 0 Å². The molecule has 0 radical (unpaired) electrons. The molecule has 0 aliphatic carbocycles. The van der Waals surface area contributed by atoms with Crippen molar-refractivity contribution < 1.29 is 0 Å². The van der Waals surface area contributed by atoms with E-state index in [2.05, 4.69) is 41.3 Å². The summed E-state index contributed by atoms with van der Waals surface area (Å²) in [7, 11) is 0. The number of rotatable bonds is 4. The molecule has 4 nitrogen and oxygen atoms in total. The van der Waals surface area contributed by atoms with Crippen LogP contribution in [0.15, 0.2) is 0 Å². The summed E-state index contributed by atoms with van der Waals surface area (Å²) < 4.78 is 0. The lowest BCUT2D eigenvalue weighted by atomic mass is 9.99. The first-order valence-corrected chi connectivity index (χ1v) is 5.54. The van der Waals surface area contributed by atoms with Crippen LogP contribution in [0.5, 0.6) is 0 Å². The molecule has 0 saturated heterocycles. The highest BCUT2D eigenvalue weighted by Crippen LogP contribution is 2.23. The molecule has 0 aliphatic rings. The smallest absolute Gasteiger partial charge is 0.245 e. The van der Waals surface area contributed by atoms with E-state index in [0.29, 0.717) is 5.82 Å². The first-order chi connectivity index (χ1) is 6.94. The van der Waals surface area contributed by atoms with Crippen molar-refractivity contribution in [2.45, 2.75) is 39.2 Å². The summed E-state index contributed by atoms with van der Waals surface area (Å²) in [5.41, 5.74) is -0.0856. The summed E-state index contributed by atoms with van der Waals surface area (Å²) in [5.74, 6) is 0.482. The molecule has 1 heterocycles. The number of nitrogens with zero attached hydrogens (tertiary/aromatic N) is 3. The number of aromatic nitrogens is 3. The Labute approximate surface area is 99.4 Å². The highest BCUT2D eigenvalue weighted by atomic mass is 35.5. The Hall–Kier alpha value is -0.610. The van der Waals surface area contributed by atoms with Crippen molar-refractivity contribution in [3.8, 4) is 0 Å². The molecule has 1 aromatic rings. The maximum Gasteiger partial charge on any atom is 0.245 e. The molecule has 0 amide bonds. The average Bonchev–Trinajstić information content (AvgIpc) is 2.10. The highest BCUT2D eigenvalue weighted by molar-refractivity contribution is 6.32. The minimum Gasteiger partial charge on any atom is -0.362 e. The van der Waals surface area contributed by atoms with E-state index in [1.54, 1.807) is 0 Å². The predicted octanol–water partition coefficient (Wildman–Crippen LogP) is 3.17. The fraction of sp³-hybridized carbons (Fsp3) is 0.667. The summed E-state index contributed by atoms with van der Waals surface area (Å²) in [4.78, 5) is 3.99. The second-order valence-electron chi connectivity index (χ2n) is 3.98. The van der Waals surface area contributed by atoms with Crippen molar-refractivity contribution >= 4 is 29.0 Å². The quantitative estimate of drug-likeness (QED) is 0.890. The molecule has 1 N–H and O–H groups in total. The van der Waals surface area contributed by atoms with Gasteiger partial charge >= 0.3 is 0 Å². The van der Waals surface area contributed by atoms with Gasteiger partial charge in [0, 0.05) is 5.54 Å². The number of nitrogens with one attached hydrogen (secondary N) is 1. The van der Waals surface area contributed by atoms with Gasteiger partial charge in [-0.3, -0.25) is 0 Å². The van der Waals surface area contributed by atoms with Crippen LogP contribution in [0.25, 0.3) is 0 Å². The third kappa shape index (κ3) is 3.80. The maximum absolute atomic E-state index is 5.85. The van der Waals surface area contributed by atoms with E-state index in [4.69, 9.17) is 23.2 Å². The lowest BCUT2D eigenvalue weighted by Gasteiger charge is -2.26. The molecule has 0 bridgehead atoms. The lowest BCUT2D eigenvalue weighted by molar-refractivity contribution is 0.508. The Morgan fingerprint density at radius 3 is 2.53 bits per heavy atom. The van der Waals surface area contributed by atoms with Crippen LogP contribution >= 0.6 is 23.2 Å². The highest BCUT2D eigenvalue weighted by Gasteiger charge is 2.19. The Kier molecular flexibility index (Phi) is 4.11. The van der Waals surface area contributed by atoms with E-state index < -0.39 is 0 Å². The Balaban J connectivity index is 2.83. The molecule has 0 spiro atoms. The van der Waals surface area contributed by atoms with Gasteiger partial charge in [0.15, 0.2) is 11.0 Å². The van der Waals surface area contributed by atoms with Crippen LogP contribution in [0, 0.1) is 0 Å². The molecule has 0 aliphatic heterocycles. The van der Waals surface area contributed by atoms with Gasteiger partial charge in [-0.1, -0.05) is 24.9 Å².